The zero-order chi connectivity index (χ0) is 13.9. The highest BCUT2D eigenvalue weighted by atomic mass is 16.1. The molecule has 3 heteroatoms. The maximum absolute atomic E-state index is 11.2. The molecule has 1 saturated carbocycles. The van der Waals surface area contributed by atoms with Gasteiger partial charge in [0.05, 0.1) is 0 Å². The summed E-state index contributed by atoms with van der Waals surface area (Å²) in [6.07, 6.45) is 9.17. The van der Waals surface area contributed by atoms with E-state index in [1.807, 2.05) is 12.1 Å². The van der Waals surface area contributed by atoms with Gasteiger partial charge in [-0.1, -0.05) is 25.3 Å². The first-order valence-electron chi connectivity index (χ1n) is 7.90. The highest BCUT2D eigenvalue weighted by Gasteiger charge is 2.24. The Labute approximate surface area is 120 Å². The van der Waals surface area contributed by atoms with Crippen molar-refractivity contribution in [2.75, 3.05) is 6.54 Å². The Hall–Kier alpha value is -1.35. The number of rotatable bonds is 4. The topological polar surface area (TPSA) is 55.1 Å². The minimum Gasteiger partial charge on any atom is -0.366 e. The van der Waals surface area contributed by atoms with Crippen LogP contribution in [0.1, 0.15) is 66.1 Å². The number of carbonyl (C=O) groups excluding carboxylic acids is 1. The predicted octanol–water partition coefficient (Wildman–Crippen LogP) is 2.94. The molecule has 0 spiro atoms. The number of fused-ring (bicyclic) bond motifs is 1. The first kappa shape index (κ1) is 13.6. The molecule has 3 nitrogen and oxygen atoms in total. The molecular formula is C17H24N2O. The lowest BCUT2D eigenvalue weighted by Gasteiger charge is -2.24. The molecule has 20 heavy (non-hydrogen) atoms. The minimum atomic E-state index is -0.327. The Kier molecular flexibility index (Phi) is 4.06. The van der Waals surface area contributed by atoms with E-state index in [0.717, 1.165) is 25.3 Å². The lowest BCUT2D eigenvalue weighted by atomic mass is 9.89. The van der Waals surface area contributed by atoms with Crippen molar-refractivity contribution in [1.29, 1.82) is 0 Å². The van der Waals surface area contributed by atoms with E-state index in [-0.39, 0.29) is 5.91 Å². The summed E-state index contributed by atoms with van der Waals surface area (Å²) < 4.78 is 0. The normalized spacial score (nSPS) is 22.7. The molecule has 0 aliphatic heterocycles. The predicted molar refractivity (Wildman–Crippen MR) is 80.6 cm³/mol. The van der Waals surface area contributed by atoms with Gasteiger partial charge in [0, 0.05) is 11.6 Å². The molecule has 0 aromatic heterocycles. The molecule has 1 fully saturated rings. The molecular weight excluding hydrogens is 248 g/mol. The third kappa shape index (κ3) is 2.88. The van der Waals surface area contributed by atoms with E-state index in [1.165, 1.54) is 43.2 Å². The van der Waals surface area contributed by atoms with Gasteiger partial charge in [0.15, 0.2) is 0 Å². The van der Waals surface area contributed by atoms with Crippen molar-refractivity contribution in [1.82, 2.24) is 5.32 Å². The molecule has 2 aliphatic carbocycles. The zero-order valence-electron chi connectivity index (χ0n) is 12.0. The van der Waals surface area contributed by atoms with Crippen LogP contribution in [0, 0.1) is 5.92 Å². The average molecular weight is 272 g/mol. The summed E-state index contributed by atoms with van der Waals surface area (Å²) in [6, 6.07) is 6.39. The van der Waals surface area contributed by atoms with Crippen LogP contribution in [0.25, 0.3) is 0 Å². The second-order valence-corrected chi connectivity index (χ2v) is 6.28. The summed E-state index contributed by atoms with van der Waals surface area (Å²) in [7, 11) is 0. The van der Waals surface area contributed by atoms with E-state index in [4.69, 9.17) is 5.73 Å². The van der Waals surface area contributed by atoms with Gasteiger partial charge in [-0.3, -0.25) is 4.79 Å². The monoisotopic (exact) mass is 272 g/mol. The lowest BCUT2D eigenvalue weighted by molar-refractivity contribution is 0.1000. The van der Waals surface area contributed by atoms with Crippen molar-refractivity contribution in [3.63, 3.8) is 0 Å². The number of hydrogen-bond donors (Lipinski definition) is 2. The largest absolute Gasteiger partial charge is 0.366 e. The first-order chi connectivity index (χ1) is 9.74. The van der Waals surface area contributed by atoms with Gasteiger partial charge in [-0.05, 0) is 61.4 Å². The quantitative estimate of drug-likeness (QED) is 0.885. The molecule has 1 aromatic rings. The van der Waals surface area contributed by atoms with Crippen LogP contribution in [-0.4, -0.2) is 12.5 Å². The summed E-state index contributed by atoms with van der Waals surface area (Å²) in [5, 5.41) is 3.74. The SMILES string of the molecule is NC(=O)c1ccc2c(c1)CCC2NCC1CCCCC1. The number of nitrogens with two attached hydrogens (primary N) is 1. The number of amides is 1. The van der Waals surface area contributed by atoms with E-state index in [0.29, 0.717) is 11.6 Å². The molecule has 1 aromatic carbocycles. The van der Waals surface area contributed by atoms with Crippen LogP contribution in [-0.2, 0) is 6.42 Å². The third-order valence-corrected chi connectivity index (χ3v) is 4.88. The molecule has 1 amide bonds. The number of benzene rings is 1. The number of nitrogens with one attached hydrogen (secondary N) is 1. The molecule has 0 bridgehead atoms. The van der Waals surface area contributed by atoms with Crippen LogP contribution >= 0.6 is 0 Å². The lowest BCUT2D eigenvalue weighted by Crippen LogP contribution is -2.27. The van der Waals surface area contributed by atoms with E-state index >= 15 is 0 Å². The molecule has 108 valence electrons. The molecule has 1 unspecified atom stereocenters. The van der Waals surface area contributed by atoms with Gasteiger partial charge < -0.3 is 11.1 Å². The van der Waals surface area contributed by atoms with Crippen LogP contribution in [0.2, 0.25) is 0 Å². The first-order valence-corrected chi connectivity index (χ1v) is 7.90. The molecule has 3 rings (SSSR count). The maximum atomic E-state index is 11.2. The maximum Gasteiger partial charge on any atom is 0.248 e. The van der Waals surface area contributed by atoms with Crippen LogP contribution in [0.3, 0.4) is 0 Å². The van der Waals surface area contributed by atoms with E-state index in [2.05, 4.69) is 11.4 Å². The Morgan fingerprint density at radius 3 is 2.75 bits per heavy atom. The average Bonchev–Trinajstić information content (AvgIpc) is 2.88. The Morgan fingerprint density at radius 1 is 1.20 bits per heavy atom. The highest BCUT2D eigenvalue weighted by Crippen LogP contribution is 2.32. The highest BCUT2D eigenvalue weighted by molar-refractivity contribution is 5.93. The van der Waals surface area contributed by atoms with E-state index in [1.54, 1.807) is 0 Å². The fourth-order valence-electron chi connectivity index (χ4n) is 3.68. The Bertz CT molecular complexity index is 492. The van der Waals surface area contributed by atoms with Gasteiger partial charge in [-0.25, -0.2) is 0 Å². The number of primary amides is 1. The summed E-state index contributed by atoms with van der Waals surface area (Å²) in [4.78, 5) is 11.2. The summed E-state index contributed by atoms with van der Waals surface area (Å²) in [5.41, 5.74) is 8.64. The van der Waals surface area contributed by atoms with Crippen LogP contribution in [0.4, 0.5) is 0 Å². The molecule has 3 N–H and O–H groups in total. The standard InChI is InChI=1S/C17H24N2O/c18-17(20)14-6-8-15-13(10-14)7-9-16(15)19-11-12-4-2-1-3-5-12/h6,8,10,12,16,19H,1-5,7,9,11H2,(H2,18,20). The molecule has 2 aliphatic rings. The molecule has 1 atom stereocenters. The van der Waals surface area contributed by atoms with Gasteiger partial charge in [0.25, 0.3) is 0 Å². The summed E-state index contributed by atoms with van der Waals surface area (Å²) in [5.74, 6) is 0.532. The Balaban J connectivity index is 1.62. The fourth-order valence-corrected chi connectivity index (χ4v) is 3.68. The van der Waals surface area contributed by atoms with E-state index in [9.17, 15) is 4.79 Å². The van der Waals surface area contributed by atoms with Crippen LogP contribution in [0.5, 0.6) is 0 Å². The second kappa shape index (κ2) is 5.96. The number of aryl methyl sites for hydroxylation is 1. The Morgan fingerprint density at radius 2 is 2.00 bits per heavy atom. The summed E-state index contributed by atoms with van der Waals surface area (Å²) in [6.45, 7) is 1.14. The summed E-state index contributed by atoms with van der Waals surface area (Å²) >= 11 is 0. The van der Waals surface area contributed by atoms with Gasteiger partial charge in [0.2, 0.25) is 5.91 Å². The van der Waals surface area contributed by atoms with Gasteiger partial charge >= 0.3 is 0 Å². The van der Waals surface area contributed by atoms with Gasteiger partial charge in [-0.2, -0.15) is 0 Å². The van der Waals surface area contributed by atoms with Gasteiger partial charge in [-0.15, -0.1) is 0 Å². The van der Waals surface area contributed by atoms with Crippen molar-refractivity contribution < 1.29 is 4.79 Å². The van der Waals surface area contributed by atoms with Crippen molar-refractivity contribution in [3.05, 3.63) is 34.9 Å². The van der Waals surface area contributed by atoms with Crippen LogP contribution < -0.4 is 11.1 Å². The van der Waals surface area contributed by atoms with Crippen molar-refractivity contribution in [2.24, 2.45) is 11.7 Å². The van der Waals surface area contributed by atoms with Gasteiger partial charge in [0.1, 0.15) is 0 Å². The number of hydrogen-bond acceptors (Lipinski definition) is 2. The molecule has 0 heterocycles. The minimum absolute atomic E-state index is 0.327. The van der Waals surface area contributed by atoms with E-state index < -0.39 is 0 Å². The fraction of sp³-hybridized carbons (Fsp3) is 0.588. The molecule has 0 radical (unpaired) electrons. The second-order valence-electron chi connectivity index (χ2n) is 6.28. The van der Waals surface area contributed by atoms with Crippen molar-refractivity contribution in [2.45, 2.75) is 51.0 Å². The van der Waals surface area contributed by atoms with Crippen LogP contribution in [0.15, 0.2) is 18.2 Å². The zero-order valence-corrected chi connectivity index (χ0v) is 12.0. The smallest absolute Gasteiger partial charge is 0.248 e. The molecule has 0 saturated heterocycles. The third-order valence-electron chi connectivity index (χ3n) is 4.88. The van der Waals surface area contributed by atoms with Crippen molar-refractivity contribution in [3.8, 4) is 0 Å². The number of carbonyl (C=O) groups is 1. The van der Waals surface area contributed by atoms with Crippen molar-refractivity contribution >= 4 is 5.91 Å².